The molecule has 2 saturated heterocycles. The summed E-state index contributed by atoms with van der Waals surface area (Å²) in [5, 5.41) is 13.2. The molecule has 0 saturated carbocycles. The highest BCUT2D eigenvalue weighted by Crippen LogP contribution is 2.40. The molecule has 1 aromatic rings. The van der Waals surface area contributed by atoms with Crippen LogP contribution in [0.15, 0.2) is 18.2 Å². The molecule has 2 N–H and O–H groups in total. The molecule has 28 heavy (non-hydrogen) atoms. The van der Waals surface area contributed by atoms with Crippen molar-refractivity contribution in [3.8, 4) is 0 Å². The highest BCUT2D eigenvalue weighted by molar-refractivity contribution is 5.90. The molecule has 1 aromatic carbocycles. The molecule has 0 aromatic heterocycles. The van der Waals surface area contributed by atoms with Crippen molar-refractivity contribution in [3.63, 3.8) is 0 Å². The Labute approximate surface area is 164 Å². The summed E-state index contributed by atoms with van der Waals surface area (Å²) >= 11 is 0. The van der Waals surface area contributed by atoms with E-state index in [0.717, 1.165) is 0 Å². The molecule has 2 fully saturated rings. The van der Waals surface area contributed by atoms with E-state index in [2.05, 4.69) is 5.32 Å². The van der Waals surface area contributed by atoms with Gasteiger partial charge in [-0.2, -0.15) is 0 Å². The highest BCUT2D eigenvalue weighted by Gasteiger charge is 2.44. The third kappa shape index (κ3) is 3.92. The Morgan fingerprint density at radius 3 is 2.71 bits per heavy atom. The van der Waals surface area contributed by atoms with Crippen LogP contribution in [0.2, 0.25) is 0 Å². The molecule has 3 rings (SSSR count). The van der Waals surface area contributed by atoms with Gasteiger partial charge in [0.05, 0.1) is 30.1 Å². The van der Waals surface area contributed by atoms with E-state index in [1.54, 1.807) is 12.1 Å². The van der Waals surface area contributed by atoms with Gasteiger partial charge in [0.25, 0.3) is 0 Å². The molecule has 2 amide bonds. The second kappa shape index (κ2) is 7.24. The van der Waals surface area contributed by atoms with Gasteiger partial charge in [0.1, 0.15) is 11.9 Å². The molecular formula is C20H28FN3O4. The fourth-order valence-corrected chi connectivity index (χ4v) is 3.64. The molecule has 2 aliphatic rings. The Morgan fingerprint density at radius 2 is 2.11 bits per heavy atom. The van der Waals surface area contributed by atoms with Gasteiger partial charge in [-0.1, -0.05) is 13.8 Å². The minimum Gasteiger partial charge on any atom is -0.442 e. The smallest absolute Gasteiger partial charge is 0.414 e. The van der Waals surface area contributed by atoms with Crippen molar-refractivity contribution in [2.75, 3.05) is 36.0 Å². The van der Waals surface area contributed by atoms with E-state index in [1.165, 1.54) is 17.9 Å². The maximum Gasteiger partial charge on any atom is 0.414 e. The summed E-state index contributed by atoms with van der Waals surface area (Å²) in [6.07, 6.45) is -0.480. The third-order valence-electron chi connectivity index (χ3n) is 5.95. The van der Waals surface area contributed by atoms with E-state index in [0.29, 0.717) is 30.9 Å². The van der Waals surface area contributed by atoms with Gasteiger partial charge in [0.2, 0.25) is 5.91 Å². The van der Waals surface area contributed by atoms with Crippen LogP contribution in [-0.2, 0) is 9.53 Å². The Kier molecular flexibility index (Phi) is 5.27. The standard InChI is InChI=1S/C20H28FN3O4/c1-13(25)22-10-15-11-24(18(26)28-15)14-5-6-17(16(21)9-14)23-8-7-20(4,27)19(2,3)12-23/h5-6,9,15,27H,7-8,10-12H2,1-4H3,(H,22,25)/t15?,20-/m0/s1. The molecule has 154 valence electrons. The zero-order chi connectivity index (χ0) is 20.7. The van der Waals surface area contributed by atoms with Crippen molar-refractivity contribution in [2.45, 2.75) is 45.8 Å². The van der Waals surface area contributed by atoms with Crippen LogP contribution in [0.5, 0.6) is 0 Å². The number of nitrogens with one attached hydrogen (secondary N) is 1. The molecule has 0 aliphatic carbocycles. The van der Waals surface area contributed by atoms with E-state index >= 15 is 0 Å². The highest BCUT2D eigenvalue weighted by atomic mass is 19.1. The maximum absolute atomic E-state index is 14.9. The molecule has 2 heterocycles. The van der Waals surface area contributed by atoms with Crippen LogP contribution in [0.4, 0.5) is 20.6 Å². The van der Waals surface area contributed by atoms with Crippen LogP contribution in [0.25, 0.3) is 0 Å². The zero-order valence-electron chi connectivity index (χ0n) is 16.8. The minimum atomic E-state index is -0.803. The number of benzene rings is 1. The van der Waals surface area contributed by atoms with E-state index in [4.69, 9.17) is 4.74 Å². The number of carbonyl (C=O) groups excluding carboxylic acids is 2. The minimum absolute atomic E-state index is 0.201. The van der Waals surface area contributed by atoms with Crippen molar-refractivity contribution in [2.24, 2.45) is 5.41 Å². The molecule has 0 radical (unpaired) electrons. The molecule has 7 nitrogen and oxygen atoms in total. The van der Waals surface area contributed by atoms with Crippen molar-refractivity contribution >= 4 is 23.4 Å². The van der Waals surface area contributed by atoms with E-state index in [-0.39, 0.29) is 24.4 Å². The van der Waals surface area contributed by atoms with Gasteiger partial charge < -0.3 is 20.1 Å². The van der Waals surface area contributed by atoms with Crippen LogP contribution >= 0.6 is 0 Å². The fraction of sp³-hybridized carbons (Fsp3) is 0.600. The fourth-order valence-electron chi connectivity index (χ4n) is 3.64. The van der Waals surface area contributed by atoms with Gasteiger partial charge in [-0.3, -0.25) is 9.69 Å². The normalized spacial score (nSPS) is 26.9. The summed E-state index contributed by atoms with van der Waals surface area (Å²) in [7, 11) is 0. The monoisotopic (exact) mass is 393 g/mol. The average molecular weight is 393 g/mol. The second-order valence-corrected chi connectivity index (χ2v) is 8.52. The van der Waals surface area contributed by atoms with Crippen LogP contribution in [0, 0.1) is 11.2 Å². The van der Waals surface area contributed by atoms with Crippen LogP contribution in [0.3, 0.4) is 0 Å². The van der Waals surface area contributed by atoms with E-state index in [1.807, 2.05) is 25.7 Å². The second-order valence-electron chi connectivity index (χ2n) is 8.52. The van der Waals surface area contributed by atoms with Gasteiger partial charge in [-0.15, -0.1) is 0 Å². The summed E-state index contributed by atoms with van der Waals surface area (Å²) in [5.41, 5.74) is -0.316. The SMILES string of the molecule is CC(=O)NCC1CN(c2ccc(N3CC[C@](C)(O)C(C)(C)C3)c(F)c2)C(=O)O1. The van der Waals surface area contributed by atoms with Crippen molar-refractivity contribution in [1.29, 1.82) is 0 Å². The number of hydrogen-bond donors (Lipinski definition) is 2. The largest absolute Gasteiger partial charge is 0.442 e. The van der Waals surface area contributed by atoms with E-state index in [9.17, 15) is 19.1 Å². The first-order chi connectivity index (χ1) is 13.0. The molecule has 0 bridgehead atoms. The number of amides is 2. The molecular weight excluding hydrogens is 365 g/mol. The van der Waals surface area contributed by atoms with Crippen molar-refractivity contribution in [3.05, 3.63) is 24.0 Å². The summed E-state index contributed by atoms with van der Waals surface area (Å²) < 4.78 is 20.1. The first kappa shape index (κ1) is 20.4. The summed E-state index contributed by atoms with van der Waals surface area (Å²) in [6.45, 7) is 8.71. The average Bonchev–Trinajstić information content (AvgIpc) is 2.96. The van der Waals surface area contributed by atoms with Crippen LogP contribution in [-0.4, -0.2) is 55.0 Å². The number of hydrogen-bond acceptors (Lipinski definition) is 5. The number of ether oxygens (including phenoxy) is 1. The number of piperidine rings is 1. The molecule has 8 heteroatoms. The number of anilines is 2. The molecule has 2 aliphatic heterocycles. The Bertz CT molecular complexity index is 781. The number of rotatable bonds is 4. The topological polar surface area (TPSA) is 82.1 Å². The number of aliphatic hydroxyl groups is 1. The van der Waals surface area contributed by atoms with Crippen LogP contribution in [0.1, 0.15) is 34.1 Å². The first-order valence-corrected chi connectivity index (χ1v) is 9.50. The van der Waals surface area contributed by atoms with Gasteiger partial charge in [0.15, 0.2) is 0 Å². The van der Waals surface area contributed by atoms with Gasteiger partial charge >= 0.3 is 6.09 Å². The molecule has 2 atom stereocenters. The van der Waals surface area contributed by atoms with Crippen LogP contribution < -0.4 is 15.1 Å². The lowest BCUT2D eigenvalue weighted by Gasteiger charge is -2.49. The quantitative estimate of drug-likeness (QED) is 0.820. The third-order valence-corrected chi connectivity index (χ3v) is 5.95. The van der Waals surface area contributed by atoms with Crippen molar-refractivity contribution in [1.82, 2.24) is 5.32 Å². The summed E-state index contributed by atoms with van der Waals surface area (Å²) in [4.78, 5) is 26.4. The Morgan fingerprint density at radius 1 is 1.39 bits per heavy atom. The lowest BCUT2D eigenvalue weighted by molar-refractivity contribution is -0.119. The number of cyclic esters (lactones) is 1. The first-order valence-electron chi connectivity index (χ1n) is 9.50. The maximum atomic E-state index is 14.9. The predicted molar refractivity (Wildman–Crippen MR) is 104 cm³/mol. The number of carbonyl (C=O) groups is 2. The predicted octanol–water partition coefficient (Wildman–Crippen LogP) is 2.27. The molecule has 0 spiro atoms. The summed E-state index contributed by atoms with van der Waals surface area (Å²) in [5.74, 6) is -0.624. The summed E-state index contributed by atoms with van der Waals surface area (Å²) in [6, 6.07) is 4.69. The van der Waals surface area contributed by atoms with E-state index < -0.39 is 23.6 Å². The lowest BCUT2D eigenvalue weighted by atomic mass is 9.71. The Balaban J connectivity index is 1.73. The van der Waals surface area contributed by atoms with Crippen molar-refractivity contribution < 1.29 is 23.8 Å². The zero-order valence-corrected chi connectivity index (χ0v) is 16.8. The number of halogens is 1. The number of nitrogens with zero attached hydrogens (tertiary/aromatic N) is 2. The van der Waals surface area contributed by atoms with Gasteiger partial charge in [0, 0.05) is 25.4 Å². The lowest BCUT2D eigenvalue weighted by Crippen LogP contribution is -2.56. The van der Waals surface area contributed by atoms with Gasteiger partial charge in [-0.25, -0.2) is 9.18 Å². The van der Waals surface area contributed by atoms with Gasteiger partial charge in [-0.05, 0) is 31.5 Å². The Hall–Kier alpha value is -2.35. The molecule has 1 unspecified atom stereocenters.